The lowest BCUT2D eigenvalue weighted by Crippen LogP contribution is -2.22. The molecule has 0 N–H and O–H groups in total. The van der Waals surface area contributed by atoms with Crippen LogP contribution in [0.2, 0.25) is 0 Å². The van der Waals surface area contributed by atoms with Gasteiger partial charge in [-0.3, -0.25) is 4.79 Å². The molecular weight excluding hydrogens is 176 g/mol. The zero-order valence-corrected chi connectivity index (χ0v) is 7.95. The highest BCUT2D eigenvalue weighted by atomic mass is 16.2. The fraction of sp³-hybridized carbons (Fsp3) is 0.273. The van der Waals surface area contributed by atoms with E-state index in [9.17, 15) is 4.79 Å². The molecule has 0 fully saturated rings. The normalized spacial score (nSPS) is 14.0. The highest BCUT2D eigenvalue weighted by Gasteiger charge is 2.27. The van der Waals surface area contributed by atoms with E-state index in [0.29, 0.717) is 24.2 Å². The lowest BCUT2D eigenvalue weighted by atomic mass is 10.0. The number of nitrogens with zero attached hydrogens (tertiary/aromatic N) is 2. The van der Waals surface area contributed by atoms with Crippen LogP contribution in [0.15, 0.2) is 18.2 Å². The van der Waals surface area contributed by atoms with Crippen molar-refractivity contribution in [3.05, 3.63) is 34.9 Å². The molecule has 1 aromatic rings. The lowest BCUT2D eigenvalue weighted by Gasteiger charge is -2.10. The number of nitriles is 1. The monoisotopic (exact) mass is 186 g/mol. The third kappa shape index (κ3) is 1.08. The predicted octanol–water partition coefficient (Wildman–Crippen LogP) is 1.53. The van der Waals surface area contributed by atoms with E-state index in [0.717, 1.165) is 5.56 Å². The number of fused-ring (bicyclic) bond motifs is 1. The van der Waals surface area contributed by atoms with Crippen molar-refractivity contribution >= 4 is 5.91 Å². The molecule has 70 valence electrons. The standard InChI is InChI=1S/C11H10N2O/c1-2-13-7-10-8(6-12)4-3-5-9(10)11(13)14/h3-5H,2,7H2,1H3. The van der Waals surface area contributed by atoms with Crippen LogP contribution >= 0.6 is 0 Å². The first-order valence-electron chi connectivity index (χ1n) is 4.59. The Morgan fingerprint density at radius 2 is 2.36 bits per heavy atom. The summed E-state index contributed by atoms with van der Waals surface area (Å²) >= 11 is 0. The van der Waals surface area contributed by atoms with Gasteiger partial charge in [0.15, 0.2) is 0 Å². The van der Waals surface area contributed by atoms with Gasteiger partial charge < -0.3 is 4.90 Å². The fourth-order valence-corrected chi connectivity index (χ4v) is 1.75. The first-order valence-corrected chi connectivity index (χ1v) is 4.59. The smallest absolute Gasteiger partial charge is 0.254 e. The second-order valence-electron chi connectivity index (χ2n) is 3.26. The quantitative estimate of drug-likeness (QED) is 0.667. The molecule has 14 heavy (non-hydrogen) atoms. The Morgan fingerprint density at radius 3 is 3.00 bits per heavy atom. The third-order valence-corrected chi connectivity index (χ3v) is 2.54. The van der Waals surface area contributed by atoms with Crippen molar-refractivity contribution in [3.63, 3.8) is 0 Å². The molecule has 1 amide bonds. The Balaban J connectivity index is 2.54. The van der Waals surface area contributed by atoms with E-state index in [1.807, 2.05) is 6.92 Å². The molecule has 0 spiro atoms. The van der Waals surface area contributed by atoms with E-state index in [1.165, 1.54) is 0 Å². The van der Waals surface area contributed by atoms with E-state index in [1.54, 1.807) is 23.1 Å². The minimum absolute atomic E-state index is 0.0413. The molecule has 0 atom stereocenters. The highest BCUT2D eigenvalue weighted by molar-refractivity contribution is 5.99. The molecule has 1 heterocycles. The second kappa shape index (κ2) is 3.15. The Labute approximate surface area is 82.6 Å². The van der Waals surface area contributed by atoms with Crippen LogP contribution in [0.1, 0.15) is 28.4 Å². The van der Waals surface area contributed by atoms with Crippen LogP contribution in [-0.2, 0) is 6.54 Å². The van der Waals surface area contributed by atoms with Gasteiger partial charge in [-0.25, -0.2) is 0 Å². The summed E-state index contributed by atoms with van der Waals surface area (Å²) in [6.07, 6.45) is 0. The summed E-state index contributed by atoms with van der Waals surface area (Å²) in [5, 5.41) is 8.87. The first kappa shape index (κ1) is 8.76. The molecule has 3 heteroatoms. The van der Waals surface area contributed by atoms with Crippen LogP contribution in [0.5, 0.6) is 0 Å². The van der Waals surface area contributed by atoms with Gasteiger partial charge in [0.2, 0.25) is 0 Å². The maximum absolute atomic E-state index is 11.7. The van der Waals surface area contributed by atoms with Gasteiger partial charge in [0.05, 0.1) is 11.6 Å². The molecule has 1 aliphatic rings. The first-order chi connectivity index (χ1) is 6.77. The number of carbonyl (C=O) groups is 1. The van der Waals surface area contributed by atoms with Crippen molar-refractivity contribution in [2.75, 3.05) is 6.54 Å². The van der Waals surface area contributed by atoms with Gasteiger partial charge in [-0.2, -0.15) is 5.26 Å². The SMILES string of the molecule is CCN1Cc2c(C#N)cccc2C1=O. The van der Waals surface area contributed by atoms with Gasteiger partial charge in [-0.15, -0.1) is 0 Å². The van der Waals surface area contributed by atoms with E-state index in [4.69, 9.17) is 5.26 Å². The van der Waals surface area contributed by atoms with Crippen LogP contribution < -0.4 is 0 Å². The number of carbonyl (C=O) groups excluding carboxylic acids is 1. The molecule has 0 aromatic heterocycles. The third-order valence-electron chi connectivity index (χ3n) is 2.54. The Bertz CT molecular complexity index is 431. The van der Waals surface area contributed by atoms with Gasteiger partial charge in [-0.1, -0.05) is 6.07 Å². The minimum Gasteiger partial charge on any atom is -0.335 e. The minimum atomic E-state index is 0.0413. The van der Waals surface area contributed by atoms with Crippen molar-refractivity contribution in [3.8, 4) is 6.07 Å². The van der Waals surface area contributed by atoms with E-state index >= 15 is 0 Å². The summed E-state index contributed by atoms with van der Waals surface area (Å²) in [4.78, 5) is 13.5. The predicted molar refractivity (Wildman–Crippen MR) is 51.6 cm³/mol. The molecule has 0 saturated heterocycles. The van der Waals surface area contributed by atoms with Gasteiger partial charge in [0.25, 0.3) is 5.91 Å². The Morgan fingerprint density at radius 1 is 1.57 bits per heavy atom. The summed E-state index contributed by atoms with van der Waals surface area (Å²) < 4.78 is 0. The molecule has 1 aromatic carbocycles. The Kier molecular flexibility index (Phi) is 1.97. The van der Waals surface area contributed by atoms with E-state index in [-0.39, 0.29) is 5.91 Å². The van der Waals surface area contributed by atoms with Crippen molar-refractivity contribution in [1.82, 2.24) is 4.90 Å². The second-order valence-corrected chi connectivity index (χ2v) is 3.26. The van der Waals surface area contributed by atoms with Crippen LogP contribution in [0.25, 0.3) is 0 Å². The van der Waals surface area contributed by atoms with Crippen LogP contribution in [-0.4, -0.2) is 17.4 Å². The maximum Gasteiger partial charge on any atom is 0.254 e. The molecule has 0 bridgehead atoms. The lowest BCUT2D eigenvalue weighted by molar-refractivity contribution is 0.0787. The average molecular weight is 186 g/mol. The average Bonchev–Trinajstić information content (AvgIpc) is 2.55. The highest BCUT2D eigenvalue weighted by Crippen LogP contribution is 2.24. The Hall–Kier alpha value is -1.82. The summed E-state index contributed by atoms with van der Waals surface area (Å²) in [7, 11) is 0. The van der Waals surface area contributed by atoms with Crippen molar-refractivity contribution in [2.24, 2.45) is 0 Å². The molecule has 3 nitrogen and oxygen atoms in total. The van der Waals surface area contributed by atoms with Crippen molar-refractivity contribution in [1.29, 1.82) is 5.26 Å². The molecule has 1 aliphatic heterocycles. The number of hydrogen-bond acceptors (Lipinski definition) is 2. The van der Waals surface area contributed by atoms with Crippen LogP contribution in [0.3, 0.4) is 0 Å². The molecule has 0 saturated carbocycles. The molecule has 0 aliphatic carbocycles. The van der Waals surface area contributed by atoms with Crippen LogP contribution in [0.4, 0.5) is 0 Å². The summed E-state index contributed by atoms with van der Waals surface area (Å²) in [6, 6.07) is 7.41. The zero-order valence-electron chi connectivity index (χ0n) is 7.95. The number of amides is 1. The topological polar surface area (TPSA) is 44.1 Å². The number of benzene rings is 1. The zero-order chi connectivity index (χ0) is 10.1. The molecular formula is C11H10N2O. The molecule has 2 rings (SSSR count). The van der Waals surface area contributed by atoms with Crippen molar-refractivity contribution < 1.29 is 4.79 Å². The van der Waals surface area contributed by atoms with E-state index < -0.39 is 0 Å². The van der Waals surface area contributed by atoms with Gasteiger partial charge in [0, 0.05) is 24.2 Å². The van der Waals surface area contributed by atoms with Crippen molar-refractivity contribution in [2.45, 2.75) is 13.5 Å². The van der Waals surface area contributed by atoms with Gasteiger partial charge in [0.1, 0.15) is 0 Å². The van der Waals surface area contributed by atoms with Gasteiger partial charge >= 0.3 is 0 Å². The summed E-state index contributed by atoms with van der Waals surface area (Å²) in [5.74, 6) is 0.0413. The number of hydrogen-bond donors (Lipinski definition) is 0. The largest absolute Gasteiger partial charge is 0.335 e. The van der Waals surface area contributed by atoms with Crippen LogP contribution in [0, 0.1) is 11.3 Å². The molecule has 0 radical (unpaired) electrons. The molecule has 0 unspecified atom stereocenters. The number of rotatable bonds is 1. The maximum atomic E-state index is 11.7. The summed E-state index contributed by atoms with van der Waals surface area (Å²) in [5.41, 5.74) is 2.18. The van der Waals surface area contributed by atoms with E-state index in [2.05, 4.69) is 6.07 Å². The van der Waals surface area contributed by atoms with Gasteiger partial charge in [-0.05, 0) is 19.1 Å². The fourth-order valence-electron chi connectivity index (χ4n) is 1.75. The summed E-state index contributed by atoms with van der Waals surface area (Å²) in [6.45, 7) is 3.21.